The molecular weight excluding hydrogens is 237 g/mol. The van der Waals surface area contributed by atoms with Gasteiger partial charge in [-0.1, -0.05) is 0 Å². The van der Waals surface area contributed by atoms with Crippen LogP contribution in [0.2, 0.25) is 0 Å². The number of aromatic nitrogens is 2. The molecule has 0 spiro atoms. The van der Waals surface area contributed by atoms with Crippen LogP contribution in [0, 0.1) is 5.82 Å². The summed E-state index contributed by atoms with van der Waals surface area (Å²) in [5.74, 6) is -0.872. The van der Waals surface area contributed by atoms with Crippen molar-refractivity contribution in [1.82, 2.24) is 9.97 Å². The van der Waals surface area contributed by atoms with Crippen LogP contribution in [0.5, 0.6) is 0 Å². The Labute approximate surface area is 91.7 Å². The van der Waals surface area contributed by atoms with Crippen molar-refractivity contribution in [3.05, 3.63) is 24.0 Å². The Morgan fingerprint density at radius 2 is 2.00 bits per heavy atom. The Morgan fingerprint density at radius 1 is 1.38 bits per heavy atom. The van der Waals surface area contributed by atoms with Gasteiger partial charge in [-0.25, -0.2) is 27.9 Å². The van der Waals surface area contributed by atoms with Gasteiger partial charge < -0.3 is 4.74 Å². The first kappa shape index (κ1) is 11.4. The zero-order valence-corrected chi connectivity index (χ0v) is 9.02. The van der Waals surface area contributed by atoms with Gasteiger partial charge in [-0.05, 0) is 0 Å². The lowest BCUT2D eigenvalue weighted by Crippen LogP contribution is -2.34. The molecule has 1 aliphatic heterocycles. The Balaban J connectivity index is 2.30. The molecule has 88 valence electrons. The highest BCUT2D eigenvalue weighted by molar-refractivity contribution is 7.89. The summed E-state index contributed by atoms with van der Waals surface area (Å²) in [6.07, 6.45) is 1.97. The largest absolute Gasteiger partial charge is 0.379 e. The van der Waals surface area contributed by atoms with Crippen LogP contribution in [0.15, 0.2) is 12.4 Å². The van der Waals surface area contributed by atoms with E-state index in [9.17, 15) is 12.8 Å². The van der Waals surface area contributed by atoms with E-state index in [1.54, 1.807) is 0 Å². The van der Waals surface area contributed by atoms with Crippen LogP contribution in [0.1, 0.15) is 11.7 Å². The van der Waals surface area contributed by atoms with E-state index in [0.717, 1.165) is 12.4 Å². The molecule has 0 saturated carbocycles. The molecule has 0 aromatic carbocycles. The fourth-order valence-electron chi connectivity index (χ4n) is 1.61. The maximum absolute atomic E-state index is 12.6. The van der Waals surface area contributed by atoms with Gasteiger partial charge in [0, 0.05) is 0 Å². The molecule has 1 aromatic rings. The summed E-state index contributed by atoms with van der Waals surface area (Å²) in [6.45, 7) is 0.191. The lowest BCUT2D eigenvalue weighted by atomic mass is 10.1. The maximum Gasteiger partial charge on any atom is 0.215 e. The van der Waals surface area contributed by atoms with Crippen molar-refractivity contribution in [2.45, 2.75) is 11.2 Å². The quantitative estimate of drug-likeness (QED) is 0.752. The summed E-state index contributed by atoms with van der Waals surface area (Å²) in [7, 11) is -3.71. The van der Waals surface area contributed by atoms with Crippen LogP contribution in [-0.2, 0) is 14.8 Å². The van der Waals surface area contributed by atoms with Crippen LogP contribution < -0.4 is 5.14 Å². The van der Waals surface area contributed by atoms with Gasteiger partial charge in [0.05, 0.1) is 31.5 Å². The number of hydrogen-bond donors (Lipinski definition) is 1. The second-order valence-electron chi connectivity index (χ2n) is 3.53. The molecule has 1 saturated heterocycles. The van der Waals surface area contributed by atoms with E-state index < -0.39 is 27.0 Å². The fraction of sp³-hybridized carbons (Fsp3) is 0.500. The average Bonchev–Trinajstić information content (AvgIpc) is 2.66. The molecule has 2 heterocycles. The smallest absolute Gasteiger partial charge is 0.215 e. The SMILES string of the molecule is NS(=O)(=O)C1COCC1c1ncc(F)cn1. The molecule has 2 unspecified atom stereocenters. The number of halogens is 1. The number of primary sulfonamides is 1. The van der Waals surface area contributed by atoms with Crippen LogP contribution in [0.3, 0.4) is 0 Å². The van der Waals surface area contributed by atoms with Crippen LogP contribution >= 0.6 is 0 Å². The molecule has 1 aromatic heterocycles. The standard InChI is InChI=1S/C8H10FN3O3S/c9-5-1-11-8(12-2-5)6-3-15-4-7(6)16(10,13)14/h1-2,6-7H,3-4H2,(H2,10,13,14). The van der Waals surface area contributed by atoms with Crippen molar-refractivity contribution in [2.75, 3.05) is 13.2 Å². The number of ether oxygens (including phenoxy) is 1. The number of rotatable bonds is 2. The molecule has 0 bridgehead atoms. The van der Waals surface area contributed by atoms with Crippen molar-refractivity contribution in [2.24, 2.45) is 5.14 Å². The van der Waals surface area contributed by atoms with Gasteiger partial charge in [0.15, 0.2) is 5.82 Å². The molecule has 2 N–H and O–H groups in total. The van der Waals surface area contributed by atoms with Gasteiger partial charge in [-0.15, -0.1) is 0 Å². The number of nitrogens with two attached hydrogens (primary N) is 1. The zero-order chi connectivity index (χ0) is 11.8. The summed E-state index contributed by atoms with van der Waals surface area (Å²) in [5, 5.41) is 4.20. The molecule has 1 fully saturated rings. The lowest BCUT2D eigenvalue weighted by molar-refractivity contribution is 0.193. The van der Waals surface area contributed by atoms with Gasteiger partial charge in [-0.3, -0.25) is 0 Å². The predicted molar refractivity (Wildman–Crippen MR) is 52.4 cm³/mol. The van der Waals surface area contributed by atoms with Gasteiger partial charge in [0.1, 0.15) is 11.1 Å². The van der Waals surface area contributed by atoms with Gasteiger partial charge in [-0.2, -0.15) is 0 Å². The van der Waals surface area contributed by atoms with Gasteiger partial charge in [0.25, 0.3) is 0 Å². The molecular formula is C8H10FN3O3S. The third-order valence-electron chi connectivity index (χ3n) is 2.42. The average molecular weight is 247 g/mol. The third kappa shape index (κ3) is 2.18. The highest BCUT2D eigenvalue weighted by Crippen LogP contribution is 2.26. The van der Waals surface area contributed by atoms with Crippen molar-refractivity contribution >= 4 is 10.0 Å². The molecule has 1 aliphatic rings. The van der Waals surface area contributed by atoms with Crippen LogP contribution in [0.4, 0.5) is 4.39 Å². The molecule has 16 heavy (non-hydrogen) atoms. The van der Waals surface area contributed by atoms with Crippen LogP contribution in [-0.4, -0.2) is 36.8 Å². The second kappa shape index (κ2) is 4.04. The van der Waals surface area contributed by atoms with E-state index >= 15 is 0 Å². The molecule has 0 amide bonds. The first-order valence-electron chi connectivity index (χ1n) is 4.55. The maximum atomic E-state index is 12.6. The third-order valence-corrected chi connectivity index (χ3v) is 3.73. The molecule has 0 aliphatic carbocycles. The highest BCUT2D eigenvalue weighted by atomic mass is 32.2. The van der Waals surface area contributed by atoms with E-state index in [0.29, 0.717) is 0 Å². The van der Waals surface area contributed by atoms with E-state index in [4.69, 9.17) is 9.88 Å². The van der Waals surface area contributed by atoms with Crippen molar-refractivity contribution in [3.63, 3.8) is 0 Å². The lowest BCUT2D eigenvalue weighted by Gasteiger charge is -2.13. The van der Waals surface area contributed by atoms with E-state index in [1.807, 2.05) is 0 Å². The summed E-state index contributed by atoms with van der Waals surface area (Å²) in [5.41, 5.74) is 0. The summed E-state index contributed by atoms with van der Waals surface area (Å²) in [6, 6.07) is 0. The summed E-state index contributed by atoms with van der Waals surface area (Å²) in [4.78, 5) is 7.48. The number of nitrogens with zero attached hydrogens (tertiary/aromatic N) is 2. The fourth-order valence-corrected chi connectivity index (χ4v) is 2.56. The van der Waals surface area contributed by atoms with E-state index in [1.165, 1.54) is 0 Å². The summed E-state index contributed by atoms with van der Waals surface area (Å²) < 4.78 is 40.2. The topological polar surface area (TPSA) is 95.2 Å². The Hall–Kier alpha value is -1.12. The van der Waals surface area contributed by atoms with E-state index in [2.05, 4.69) is 9.97 Å². The molecule has 2 rings (SSSR count). The molecule has 0 radical (unpaired) electrons. The van der Waals surface area contributed by atoms with Crippen molar-refractivity contribution < 1.29 is 17.5 Å². The normalized spacial score (nSPS) is 25.9. The zero-order valence-electron chi connectivity index (χ0n) is 8.21. The van der Waals surface area contributed by atoms with E-state index in [-0.39, 0.29) is 19.0 Å². The number of sulfonamides is 1. The monoisotopic (exact) mass is 247 g/mol. The minimum absolute atomic E-state index is 0.0181. The van der Waals surface area contributed by atoms with Gasteiger partial charge in [0.2, 0.25) is 10.0 Å². The Bertz CT molecular complexity index is 476. The molecule has 2 atom stereocenters. The highest BCUT2D eigenvalue weighted by Gasteiger charge is 2.39. The first-order valence-corrected chi connectivity index (χ1v) is 6.16. The first-order chi connectivity index (χ1) is 7.48. The molecule has 8 heteroatoms. The Morgan fingerprint density at radius 3 is 2.56 bits per heavy atom. The molecule has 6 nitrogen and oxygen atoms in total. The Kier molecular flexibility index (Phi) is 2.87. The van der Waals surface area contributed by atoms with Gasteiger partial charge >= 0.3 is 0 Å². The minimum Gasteiger partial charge on any atom is -0.379 e. The number of hydrogen-bond acceptors (Lipinski definition) is 5. The van der Waals surface area contributed by atoms with Crippen molar-refractivity contribution in [3.8, 4) is 0 Å². The second-order valence-corrected chi connectivity index (χ2v) is 5.31. The minimum atomic E-state index is -3.71. The van der Waals surface area contributed by atoms with Crippen molar-refractivity contribution in [1.29, 1.82) is 0 Å². The predicted octanol–water partition coefficient (Wildman–Crippen LogP) is -0.613. The summed E-state index contributed by atoms with van der Waals surface area (Å²) >= 11 is 0. The van der Waals surface area contributed by atoms with Crippen LogP contribution in [0.25, 0.3) is 0 Å².